The summed E-state index contributed by atoms with van der Waals surface area (Å²) in [7, 11) is -3.80. The summed E-state index contributed by atoms with van der Waals surface area (Å²) in [5, 5.41) is 1.83. The minimum Gasteiger partial charge on any atom is -0.233 e. The zero-order valence-electron chi connectivity index (χ0n) is 11.3. The summed E-state index contributed by atoms with van der Waals surface area (Å²) in [5.41, 5.74) is 1.12. The standard InChI is InChI=1S/C15H17FO2S/c1-15(2,3)14-6-4-5-11-9-12(7-8-13(11)14)19(17,18)10-16/h4-9H,10H2,1-3H3. The Kier molecular flexibility index (Phi) is 3.39. The van der Waals surface area contributed by atoms with Crippen LogP contribution in [0.1, 0.15) is 26.3 Å². The summed E-state index contributed by atoms with van der Waals surface area (Å²) < 4.78 is 35.6. The van der Waals surface area contributed by atoms with Crippen molar-refractivity contribution in [3.05, 3.63) is 42.0 Å². The highest BCUT2D eigenvalue weighted by atomic mass is 32.2. The van der Waals surface area contributed by atoms with Crippen molar-refractivity contribution in [3.63, 3.8) is 0 Å². The molecule has 19 heavy (non-hydrogen) atoms. The Morgan fingerprint density at radius 3 is 2.37 bits per heavy atom. The molecular weight excluding hydrogens is 263 g/mol. The van der Waals surface area contributed by atoms with Gasteiger partial charge in [0.05, 0.1) is 4.90 Å². The van der Waals surface area contributed by atoms with E-state index in [4.69, 9.17) is 0 Å². The van der Waals surface area contributed by atoms with Crippen molar-refractivity contribution in [2.75, 3.05) is 6.01 Å². The van der Waals surface area contributed by atoms with Crippen LogP contribution in [-0.4, -0.2) is 14.4 Å². The van der Waals surface area contributed by atoms with Crippen LogP contribution in [0.2, 0.25) is 0 Å². The van der Waals surface area contributed by atoms with Crippen molar-refractivity contribution in [1.29, 1.82) is 0 Å². The fraction of sp³-hybridized carbons (Fsp3) is 0.333. The molecule has 2 nitrogen and oxygen atoms in total. The third-order valence-electron chi connectivity index (χ3n) is 3.16. The van der Waals surface area contributed by atoms with Crippen LogP contribution in [0.5, 0.6) is 0 Å². The van der Waals surface area contributed by atoms with Gasteiger partial charge in [-0.3, -0.25) is 0 Å². The van der Waals surface area contributed by atoms with Gasteiger partial charge in [-0.25, -0.2) is 12.8 Å². The van der Waals surface area contributed by atoms with Crippen LogP contribution >= 0.6 is 0 Å². The third-order valence-corrected chi connectivity index (χ3v) is 4.42. The van der Waals surface area contributed by atoms with Gasteiger partial charge in [0, 0.05) is 0 Å². The van der Waals surface area contributed by atoms with E-state index >= 15 is 0 Å². The van der Waals surface area contributed by atoms with Gasteiger partial charge in [-0.1, -0.05) is 45.0 Å². The average molecular weight is 280 g/mol. The summed E-state index contributed by atoms with van der Waals surface area (Å²) in [6, 6.07) is 9.20. The number of rotatable bonds is 2. The lowest BCUT2D eigenvalue weighted by molar-refractivity contribution is 0.534. The van der Waals surface area contributed by atoms with Gasteiger partial charge in [-0.15, -0.1) is 0 Å². The Labute approximate surface area is 113 Å². The van der Waals surface area contributed by atoms with Crippen molar-refractivity contribution < 1.29 is 12.8 Å². The van der Waals surface area contributed by atoms with E-state index in [1.54, 1.807) is 12.1 Å². The monoisotopic (exact) mass is 280 g/mol. The molecule has 4 heteroatoms. The van der Waals surface area contributed by atoms with Gasteiger partial charge >= 0.3 is 0 Å². The molecule has 2 aromatic carbocycles. The molecule has 0 aromatic heterocycles. The number of hydrogen-bond acceptors (Lipinski definition) is 2. The Morgan fingerprint density at radius 2 is 1.79 bits per heavy atom. The summed E-state index contributed by atoms with van der Waals surface area (Å²) in [5.74, 6) is 0. The normalized spacial score (nSPS) is 12.8. The first-order chi connectivity index (χ1) is 8.75. The molecule has 0 saturated carbocycles. The van der Waals surface area contributed by atoms with Gasteiger partial charge in [0.1, 0.15) is 0 Å². The zero-order chi connectivity index (χ0) is 14.3. The molecular formula is C15H17FO2S. The van der Waals surface area contributed by atoms with Crippen LogP contribution in [-0.2, 0) is 15.3 Å². The fourth-order valence-electron chi connectivity index (χ4n) is 2.17. The molecule has 0 bridgehead atoms. The summed E-state index contributed by atoms with van der Waals surface area (Å²) >= 11 is 0. The van der Waals surface area contributed by atoms with Gasteiger partial charge in [-0.05, 0) is 33.9 Å². The number of benzene rings is 2. The molecule has 102 valence electrons. The van der Waals surface area contributed by atoms with E-state index in [0.717, 1.165) is 16.3 Å². The van der Waals surface area contributed by atoms with Gasteiger partial charge in [0.2, 0.25) is 9.84 Å². The van der Waals surface area contributed by atoms with E-state index < -0.39 is 15.8 Å². The third kappa shape index (κ3) is 2.63. The van der Waals surface area contributed by atoms with Crippen LogP contribution in [0.3, 0.4) is 0 Å². The van der Waals surface area contributed by atoms with Crippen molar-refractivity contribution in [1.82, 2.24) is 0 Å². The van der Waals surface area contributed by atoms with Crippen LogP contribution < -0.4 is 0 Å². The number of halogens is 1. The smallest absolute Gasteiger partial charge is 0.207 e. The van der Waals surface area contributed by atoms with Gasteiger partial charge in [0.25, 0.3) is 0 Å². The molecule has 0 spiro atoms. The molecule has 2 rings (SSSR count). The first-order valence-electron chi connectivity index (χ1n) is 6.08. The van der Waals surface area contributed by atoms with E-state index in [0.29, 0.717) is 0 Å². The maximum absolute atomic E-state index is 12.5. The number of fused-ring (bicyclic) bond motifs is 1. The van der Waals surface area contributed by atoms with Gasteiger partial charge < -0.3 is 0 Å². The van der Waals surface area contributed by atoms with Crippen LogP contribution in [0.15, 0.2) is 41.3 Å². The highest BCUT2D eigenvalue weighted by molar-refractivity contribution is 7.91. The second kappa shape index (κ2) is 4.60. The van der Waals surface area contributed by atoms with Crippen molar-refractivity contribution in [2.45, 2.75) is 31.1 Å². The van der Waals surface area contributed by atoms with E-state index in [1.165, 1.54) is 6.07 Å². The SMILES string of the molecule is CC(C)(C)c1cccc2cc(S(=O)(=O)CF)ccc12. The zero-order valence-corrected chi connectivity index (χ0v) is 12.1. The first-order valence-corrected chi connectivity index (χ1v) is 7.73. The number of hydrogen-bond donors (Lipinski definition) is 0. The van der Waals surface area contributed by atoms with Crippen LogP contribution in [0.25, 0.3) is 10.8 Å². The number of sulfone groups is 1. The molecule has 0 saturated heterocycles. The first kappa shape index (κ1) is 14.0. The molecule has 0 heterocycles. The molecule has 0 aliphatic heterocycles. The Morgan fingerprint density at radius 1 is 1.11 bits per heavy atom. The molecule has 0 aliphatic rings. The Bertz CT molecular complexity index is 712. The highest BCUT2D eigenvalue weighted by Gasteiger charge is 2.18. The highest BCUT2D eigenvalue weighted by Crippen LogP contribution is 2.31. The van der Waals surface area contributed by atoms with Gasteiger partial charge in [-0.2, -0.15) is 0 Å². The second-order valence-corrected chi connectivity index (χ2v) is 7.58. The predicted octanol–water partition coefficient (Wildman–Crippen LogP) is 3.84. The van der Waals surface area contributed by atoms with E-state index in [-0.39, 0.29) is 10.3 Å². The Hall–Kier alpha value is -1.42. The molecule has 0 unspecified atom stereocenters. The average Bonchev–Trinajstić information content (AvgIpc) is 2.36. The predicted molar refractivity (Wildman–Crippen MR) is 75.8 cm³/mol. The molecule has 0 N–H and O–H groups in total. The Balaban J connectivity index is 2.71. The second-order valence-electron chi connectivity index (χ2n) is 5.66. The van der Waals surface area contributed by atoms with Crippen molar-refractivity contribution in [2.24, 2.45) is 0 Å². The quantitative estimate of drug-likeness (QED) is 0.837. The minimum absolute atomic E-state index is 0.0278. The molecule has 2 aromatic rings. The lowest BCUT2D eigenvalue weighted by Crippen LogP contribution is -2.11. The minimum atomic E-state index is -3.80. The largest absolute Gasteiger partial charge is 0.233 e. The maximum atomic E-state index is 12.5. The number of alkyl halides is 1. The fourth-order valence-corrected chi connectivity index (χ4v) is 2.88. The topological polar surface area (TPSA) is 34.1 Å². The summed E-state index contributed by atoms with van der Waals surface area (Å²) in [6.07, 6.45) is 0. The molecule has 0 radical (unpaired) electrons. The summed E-state index contributed by atoms with van der Waals surface area (Å²) in [4.78, 5) is 0.0357. The maximum Gasteiger partial charge on any atom is 0.207 e. The van der Waals surface area contributed by atoms with Crippen molar-refractivity contribution >= 4 is 20.6 Å². The lowest BCUT2D eigenvalue weighted by Gasteiger charge is -2.21. The molecule has 0 atom stereocenters. The van der Waals surface area contributed by atoms with E-state index in [9.17, 15) is 12.8 Å². The van der Waals surface area contributed by atoms with Crippen LogP contribution in [0, 0.1) is 0 Å². The van der Waals surface area contributed by atoms with E-state index in [2.05, 4.69) is 20.8 Å². The van der Waals surface area contributed by atoms with Gasteiger partial charge in [0.15, 0.2) is 6.01 Å². The summed E-state index contributed by atoms with van der Waals surface area (Å²) in [6.45, 7) is 6.32. The lowest BCUT2D eigenvalue weighted by atomic mass is 9.84. The van der Waals surface area contributed by atoms with Crippen LogP contribution in [0.4, 0.5) is 4.39 Å². The van der Waals surface area contributed by atoms with E-state index in [1.807, 2.05) is 18.2 Å². The molecule has 0 amide bonds. The molecule has 0 fully saturated rings. The molecule has 0 aliphatic carbocycles. The van der Waals surface area contributed by atoms with Crippen molar-refractivity contribution in [3.8, 4) is 0 Å².